The molecule has 2 aromatic heterocycles. The predicted octanol–water partition coefficient (Wildman–Crippen LogP) is 1.22. The van der Waals surface area contributed by atoms with E-state index in [4.69, 9.17) is 4.74 Å². The molecule has 0 fully saturated rings. The zero-order valence-electron chi connectivity index (χ0n) is 14.6. The normalized spacial score (nSPS) is 11.1. The lowest BCUT2D eigenvalue weighted by Gasteiger charge is -2.07. The van der Waals surface area contributed by atoms with Gasteiger partial charge in [-0.1, -0.05) is 0 Å². The molecular weight excluding hydrogens is 330 g/mol. The summed E-state index contributed by atoms with van der Waals surface area (Å²) in [4.78, 5) is 28.9. The minimum absolute atomic E-state index is 0.101. The van der Waals surface area contributed by atoms with Gasteiger partial charge < -0.3 is 9.64 Å². The second-order valence-corrected chi connectivity index (χ2v) is 5.36. The van der Waals surface area contributed by atoms with Crippen molar-refractivity contribution in [3.63, 3.8) is 0 Å². The maximum atomic E-state index is 12.1. The molecule has 2 rings (SSSR count). The molecule has 0 bridgehead atoms. The van der Waals surface area contributed by atoms with Crippen molar-refractivity contribution in [2.24, 2.45) is 12.0 Å². The van der Waals surface area contributed by atoms with Crippen LogP contribution in [0.5, 0.6) is 0 Å². The van der Waals surface area contributed by atoms with Crippen molar-refractivity contribution < 1.29 is 14.5 Å². The molecule has 25 heavy (non-hydrogen) atoms. The van der Waals surface area contributed by atoms with Crippen LogP contribution in [-0.2, 0) is 11.8 Å². The van der Waals surface area contributed by atoms with Gasteiger partial charge in [-0.3, -0.25) is 10.1 Å². The first-order valence-corrected chi connectivity index (χ1v) is 7.42. The van der Waals surface area contributed by atoms with Gasteiger partial charge in [-0.15, -0.1) is 0 Å². The Morgan fingerprint density at radius 1 is 1.52 bits per heavy atom. The molecule has 0 atom stereocenters. The highest BCUT2D eigenvalue weighted by Crippen LogP contribution is 2.31. The Bertz CT molecular complexity index is 835. The standard InChI is InChI=1S/C14H19N7O4/c1-6-25-14(22)10-7-16-20(12(10)15-8-18(3)4)13-11(21(23)24)9(2)17-19(13)5/h7-8H,6H2,1-5H3/b15-8+. The number of aromatic nitrogens is 4. The summed E-state index contributed by atoms with van der Waals surface area (Å²) < 4.78 is 7.54. The second kappa shape index (κ2) is 7.11. The van der Waals surface area contributed by atoms with Crippen LogP contribution in [0.1, 0.15) is 23.0 Å². The van der Waals surface area contributed by atoms with E-state index in [0.29, 0.717) is 0 Å². The van der Waals surface area contributed by atoms with Gasteiger partial charge in [0, 0.05) is 21.1 Å². The van der Waals surface area contributed by atoms with Crippen LogP contribution in [0.3, 0.4) is 0 Å². The summed E-state index contributed by atoms with van der Waals surface area (Å²) in [6.07, 6.45) is 2.73. The topological polar surface area (TPSA) is 121 Å². The minimum atomic E-state index is -0.610. The molecule has 0 amide bonds. The Hall–Kier alpha value is -3.24. The van der Waals surface area contributed by atoms with E-state index in [0.717, 1.165) is 0 Å². The van der Waals surface area contributed by atoms with E-state index in [1.807, 2.05) is 0 Å². The van der Waals surface area contributed by atoms with Crippen LogP contribution in [0.2, 0.25) is 0 Å². The number of carbonyl (C=O) groups excluding carboxylic acids is 1. The summed E-state index contributed by atoms with van der Waals surface area (Å²) in [5.74, 6) is -0.386. The molecule has 0 saturated carbocycles. The van der Waals surface area contributed by atoms with Crippen molar-refractivity contribution in [1.82, 2.24) is 24.5 Å². The smallest absolute Gasteiger partial charge is 0.343 e. The molecule has 0 aromatic carbocycles. The highest BCUT2D eigenvalue weighted by Gasteiger charge is 2.30. The second-order valence-electron chi connectivity index (χ2n) is 5.36. The predicted molar refractivity (Wildman–Crippen MR) is 89.5 cm³/mol. The van der Waals surface area contributed by atoms with Crippen LogP contribution in [0, 0.1) is 17.0 Å². The number of esters is 1. The van der Waals surface area contributed by atoms with E-state index in [9.17, 15) is 14.9 Å². The van der Waals surface area contributed by atoms with Gasteiger partial charge in [0.15, 0.2) is 5.82 Å². The van der Waals surface area contributed by atoms with Crippen LogP contribution in [0.4, 0.5) is 11.5 Å². The summed E-state index contributed by atoms with van der Waals surface area (Å²) in [6.45, 7) is 3.40. The first-order valence-electron chi connectivity index (χ1n) is 7.42. The monoisotopic (exact) mass is 349 g/mol. The summed E-state index contributed by atoms with van der Waals surface area (Å²) in [5.41, 5.74) is 0.133. The maximum Gasteiger partial charge on any atom is 0.343 e. The lowest BCUT2D eigenvalue weighted by atomic mass is 10.3. The third kappa shape index (κ3) is 3.49. The van der Waals surface area contributed by atoms with E-state index in [-0.39, 0.29) is 35.2 Å². The fourth-order valence-electron chi connectivity index (χ4n) is 2.23. The van der Waals surface area contributed by atoms with Crippen LogP contribution in [0.15, 0.2) is 11.2 Å². The highest BCUT2D eigenvalue weighted by molar-refractivity contribution is 5.94. The van der Waals surface area contributed by atoms with Crippen molar-refractivity contribution in [3.05, 3.63) is 27.6 Å². The van der Waals surface area contributed by atoms with Crippen molar-refractivity contribution in [2.45, 2.75) is 13.8 Å². The molecule has 0 spiro atoms. The van der Waals surface area contributed by atoms with Gasteiger partial charge in [0.25, 0.3) is 0 Å². The fraction of sp³-hybridized carbons (Fsp3) is 0.429. The molecule has 134 valence electrons. The van der Waals surface area contributed by atoms with Gasteiger partial charge in [-0.2, -0.15) is 14.9 Å². The molecule has 0 radical (unpaired) electrons. The van der Waals surface area contributed by atoms with E-state index < -0.39 is 10.9 Å². The van der Waals surface area contributed by atoms with Crippen molar-refractivity contribution in [1.29, 1.82) is 0 Å². The molecule has 0 aliphatic carbocycles. The molecule has 0 aliphatic heterocycles. The molecule has 0 N–H and O–H groups in total. The van der Waals surface area contributed by atoms with Gasteiger partial charge in [0.1, 0.15) is 11.3 Å². The molecular formula is C14H19N7O4. The molecule has 0 aliphatic rings. The number of aryl methyl sites for hydroxylation is 2. The van der Waals surface area contributed by atoms with Crippen molar-refractivity contribution >= 4 is 23.8 Å². The fourth-order valence-corrected chi connectivity index (χ4v) is 2.23. The molecule has 2 heterocycles. The Morgan fingerprint density at radius 3 is 2.76 bits per heavy atom. The zero-order chi connectivity index (χ0) is 18.7. The Balaban J connectivity index is 2.71. The average Bonchev–Trinajstić information content (AvgIpc) is 3.05. The third-order valence-electron chi connectivity index (χ3n) is 3.19. The number of hydrogen-bond donors (Lipinski definition) is 0. The maximum absolute atomic E-state index is 12.1. The zero-order valence-corrected chi connectivity index (χ0v) is 14.6. The SMILES string of the molecule is CCOC(=O)c1cnn(-c2c([N+](=O)[O-])c(C)nn2C)c1/N=C/N(C)C. The number of aliphatic imine (C=N–C) groups is 1. The number of carbonyl (C=O) groups is 1. The molecule has 0 saturated heterocycles. The molecule has 2 aromatic rings. The number of nitrogens with zero attached hydrogens (tertiary/aromatic N) is 7. The van der Waals surface area contributed by atoms with E-state index in [1.54, 1.807) is 33.0 Å². The van der Waals surface area contributed by atoms with Gasteiger partial charge >= 0.3 is 11.7 Å². The summed E-state index contributed by atoms with van der Waals surface area (Å²) in [6, 6.07) is 0. The Labute approximate surface area is 143 Å². The minimum Gasteiger partial charge on any atom is -0.462 e. The Morgan fingerprint density at radius 2 is 2.20 bits per heavy atom. The van der Waals surface area contributed by atoms with Crippen molar-refractivity contribution in [2.75, 3.05) is 20.7 Å². The highest BCUT2D eigenvalue weighted by atomic mass is 16.6. The molecule has 0 unspecified atom stereocenters. The van der Waals surface area contributed by atoms with E-state index in [2.05, 4.69) is 15.2 Å². The lowest BCUT2D eigenvalue weighted by molar-refractivity contribution is -0.385. The number of ether oxygens (including phenoxy) is 1. The number of nitro groups is 1. The third-order valence-corrected chi connectivity index (χ3v) is 3.19. The van der Waals surface area contributed by atoms with Gasteiger partial charge in [0.05, 0.1) is 24.1 Å². The summed E-state index contributed by atoms with van der Waals surface area (Å²) >= 11 is 0. The average molecular weight is 349 g/mol. The first-order chi connectivity index (χ1) is 11.8. The van der Waals surface area contributed by atoms with Crippen LogP contribution in [-0.4, -0.2) is 62.4 Å². The van der Waals surface area contributed by atoms with Crippen LogP contribution >= 0.6 is 0 Å². The summed E-state index contributed by atoms with van der Waals surface area (Å²) in [5, 5.41) is 19.6. The molecule has 11 heteroatoms. The first kappa shape index (κ1) is 18.1. The largest absolute Gasteiger partial charge is 0.462 e. The number of hydrogen-bond acceptors (Lipinski definition) is 7. The van der Waals surface area contributed by atoms with Gasteiger partial charge in [-0.25, -0.2) is 14.5 Å². The van der Waals surface area contributed by atoms with E-state index in [1.165, 1.54) is 28.8 Å². The quantitative estimate of drug-likeness (QED) is 0.253. The Kier molecular flexibility index (Phi) is 5.15. The van der Waals surface area contributed by atoms with Crippen molar-refractivity contribution in [3.8, 4) is 5.82 Å². The number of rotatable bonds is 6. The molecule has 11 nitrogen and oxygen atoms in total. The van der Waals surface area contributed by atoms with E-state index >= 15 is 0 Å². The van der Waals surface area contributed by atoms with Crippen LogP contribution < -0.4 is 0 Å². The lowest BCUT2D eigenvalue weighted by Crippen LogP contribution is -2.11. The van der Waals surface area contributed by atoms with Crippen LogP contribution in [0.25, 0.3) is 5.82 Å². The van der Waals surface area contributed by atoms with Gasteiger partial charge in [0.2, 0.25) is 5.82 Å². The van der Waals surface area contributed by atoms with Gasteiger partial charge in [-0.05, 0) is 13.8 Å². The summed E-state index contributed by atoms with van der Waals surface area (Å²) in [7, 11) is 5.07.